The summed E-state index contributed by atoms with van der Waals surface area (Å²) in [6.07, 6.45) is 0. The molecule has 0 spiro atoms. The molecule has 1 unspecified atom stereocenters. The fraction of sp³-hybridized carbons (Fsp3) is 1.00. The fourth-order valence-electron chi connectivity index (χ4n) is 1.26. The highest BCUT2D eigenvalue weighted by Crippen LogP contribution is 2.35. The summed E-state index contributed by atoms with van der Waals surface area (Å²) in [5, 5.41) is 0. The summed E-state index contributed by atoms with van der Waals surface area (Å²) >= 11 is 1.98. The Morgan fingerprint density at radius 2 is 2.27 bits per heavy atom. The Bertz CT molecular complexity index is 127. The van der Waals surface area contributed by atoms with Crippen molar-refractivity contribution in [3.8, 4) is 0 Å². The van der Waals surface area contributed by atoms with Gasteiger partial charge >= 0.3 is 0 Å². The average molecular weight is 175 g/mol. The van der Waals surface area contributed by atoms with E-state index in [9.17, 15) is 0 Å². The summed E-state index contributed by atoms with van der Waals surface area (Å²) in [5.74, 6) is 3.11. The molecule has 1 heterocycles. The van der Waals surface area contributed by atoms with Crippen LogP contribution in [0.3, 0.4) is 0 Å². The fourth-order valence-corrected chi connectivity index (χ4v) is 2.44. The Morgan fingerprint density at radius 1 is 1.64 bits per heavy atom. The standard InChI is InChI=1S/C8H17NOS/c1-3-10-8(2,6-9)7-4-11-5-7/h7H,3-6,9H2,1-2H3. The number of ether oxygens (including phenoxy) is 1. The molecule has 0 aliphatic carbocycles. The van der Waals surface area contributed by atoms with Gasteiger partial charge in [0.25, 0.3) is 0 Å². The minimum Gasteiger partial charge on any atom is -0.374 e. The Hall–Kier alpha value is 0.270. The average Bonchev–Trinajstić information content (AvgIpc) is 1.84. The lowest BCUT2D eigenvalue weighted by Crippen LogP contribution is -2.50. The van der Waals surface area contributed by atoms with Crippen LogP contribution < -0.4 is 5.73 Å². The van der Waals surface area contributed by atoms with Gasteiger partial charge in [0, 0.05) is 19.1 Å². The van der Waals surface area contributed by atoms with Crippen LogP contribution in [0.2, 0.25) is 0 Å². The van der Waals surface area contributed by atoms with Gasteiger partial charge in [0.15, 0.2) is 0 Å². The van der Waals surface area contributed by atoms with Crippen LogP contribution in [0.5, 0.6) is 0 Å². The van der Waals surface area contributed by atoms with E-state index < -0.39 is 0 Å². The second-order valence-corrected chi connectivity index (χ2v) is 4.26. The molecule has 0 radical (unpaired) electrons. The van der Waals surface area contributed by atoms with Gasteiger partial charge in [-0.1, -0.05) is 0 Å². The third-order valence-electron chi connectivity index (χ3n) is 2.38. The van der Waals surface area contributed by atoms with Crippen LogP contribution in [0.4, 0.5) is 0 Å². The Morgan fingerprint density at radius 3 is 2.55 bits per heavy atom. The highest BCUT2D eigenvalue weighted by Gasteiger charge is 2.37. The third-order valence-corrected chi connectivity index (χ3v) is 3.66. The van der Waals surface area contributed by atoms with Gasteiger partial charge in [0.05, 0.1) is 5.60 Å². The van der Waals surface area contributed by atoms with Crippen LogP contribution in [-0.4, -0.2) is 30.3 Å². The predicted molar refractivity (Wildman–Crippen MR) is 49.9 cm³/mol. The summed E-state index contributed by atoms with van der Waals surface area (Å²) in [5.41, 5.74) is 5.61. The molecule has 11 heavy (non-hydrogen) atoms. The van der Waals surface area contributed by atoms with E-state index in [1.807, 2.05) is 18.7 Å². The Balaban J connectivity index is 2.43. The van der Waals surface area contributed by atoms with Gasteiger partial charge in [-0.3, -0.25) is 0 Å². The Kier molecular flexibility index (Phi) is 3.22. The van der Waals surface area contributed by atoms with Gasteiger partial charge in [0.2, 0.25) is 0 Å². The van der Waals surface area contributed by atoms with E-state index >= 15 is 0 Å². The molecule has 0 aromatic heterocycles. The largest absolute Gasteiger partial charge is 0.374 e. The molecule has 1 fully saturated rings. The topological polar surface area (TPSA) is 35.2 Å². The molecule has 0 bridgehead atoms. The van der Waals surface area contributed by atoms with Gasteiger partial charge in [-0.15, -0.1) is 0 Å². The molecule has 2 nitrogen and oxygen atoms in total. The zero-order chi connectivity index (χ0) is 8.32. The lowest BCUT2D eigenvalue weighted by atomic mass is 9.91. The van der Waals surface area contributed by atoms with Gasteiger partial charge in [0.1, 0.15) is 0 Å². The first kappa shape index (κ1) is 9.36. The summed E-state index contributed by atoms with van der Waals surface area (Å²) in [6.45, 7) is 5.57. The molecule has 0 aromatic rings. The van der Waals surface area contributed by atoms with Crippen molar-refractivity contribution in [2.24, 2.45) is 11.7 Å². The molecular formula is C8H17NOS. The van der Waals surface area contributed by atoms with Crippen LogP contribution in [0.25, 0.3) is 0 Å². The monoisotopic (exact) mass is 175 g/mol. The van der Waals surface area contributed by atoms with Crippen molar-refractivity contribution in [2.45, 2.75) is 19.4 Å². The zero-order valence-electron chi connectivity index (χ0n) is 7.30. The van der Waals surface area contributed by atoms with E-state index in [0.717, 1.165) is 6.61 Å². The van der Waals surface area contributed by atoms with Gasteiger partial charge in [-0.25, -0.2) is 0 Å². The first-order chi connectivity index (χ1) is 5.23. The van der Waals surface area contributed by atoms with Gasteiger partial charge in [-0.05, 0) is 25.4 Å². The van der Waals surface area contributed by atoms with Crippen molar-refractivity contribution < 1.29 is 4.74 Å². The summed E-state index contributed by atoms with van der Waals surface area (Å²) < 4.78 is 5.64. The highest BCUT2D eigenvalue weighted by atomic mass is 32.2. The van der Waals surface area contributed by atoms with E-state index in [0.29, 0.717) is 12.5 Å². The maximum absolute atomic E-state index is 5.67. The number of thioether (sulfide) groups is 1. The van der Waals surface area contributed by atoms with E-state index in [2.05, 4.69) is 6.92 Å². The minimum absolute atomic E-state index is 0.0556. The molecule has 0 aromatic carbocycles. The van der Waals surface area contributed by atoms with Crippen LogP contribution in [0, 0.1) is 5.92 Å². The van der Waals surface area contributed by atoms with E-state index in [4.69, 9.17) is 10.5 Å². The predicted octanol–water partition coefficient (Wildman–Crippen LogP) is 1.10. The van der Waals surface area contributed by atoms with Crippen molar-refractivity contribution in [1.29, 1.82) is 0 Å². The molecule has 2 N–H and O–H groups in total. The summed E-state index contributed by atoms with van der Waals surface area (Å²) in [7, 11) is 0. The number of hydrogen-bond donors (Lipinski definition) is 1. The Labute approximate surface area is 72.9 Å². The smallest absolute Gasteiger partial charge is 0.0819 e. The molecule has 1 saturated heterocycles. The van der Waals surface area contributed by atoms with E-state index in [1.165, 1.54) is 11.5 Å². The molecular weight excluding hydrogens is 158 g/mol. The minimum atomic E-state index is -0.0556. The van der Waals surface area contributed by atoms with Crippen molar-refractivity contribution in [2.75, 3.05) is 24.7 Å². The molecule has 1 aliphatic heterocycles. The number of rotatable bonds is 4. The van der Waals surface area contributed by atoms with Crippen molar-refractivity contribution >= 4 is 11.8 Å². The van der Waals surface area contributed by atoms with E-state index in [1.54, 1.807) is 0 Å². The molecule has 66 valence electrons. The van der Waals surface area contributed by atoms with Crippen molar-refractivity contribution in [1.82, 2.24) is 0 Å². The normalized spacial score (nSPS) is 24.3. The molecule has 1 aliphatic rings. The maximum atomic E-state index is 5.67. The van der Waals surface area contributed by atoms with Crippen molar-refractivity contribution in [3.63, 3.8) is 0 Å². The summed E-state index contributed by atoms with van der Waals surface area (Å²) in [6, 6.07) is 0. The SMILES string of the molecule is CCOC(C)(CN)C1CSC1. The quantitative estimate of drug-likeness (QED) is 0.695. The molecule has 1 atom stereocenters. The maximum Gasteiger partial charge on any atom is 0.0819 e. The van der Waals surface area contributed by atoms with Crippen LogP contribution in [0.15, 0.2) is 0 Å². The molecule has 0 saturated carbocycles. The first-order valence-corrected chi connectivity index (χ1v) is 5.30. The second kappa shape index (κ2) is 3.78. The van der Waals surface area contributed by atoms with Crippen LogP contribution in [-0.2, 0) is 4.74 Å². The molecule has 1 rings (SSSR count). The lowest BCUT2D eigenvalue weighted by Gasteiger charge is -2.41. The van der Waals surface area contributed by atoms with Gasteiger partial charge in [-0.2, -0.15) is 11.8 Å². The number of hydrogen-bond acceptors (Lipinski definition) is 3. The third kappa shape index (κ3) is 1.89. The lowest BCUT2D eigenvalue weighted by molar-refractivity contribution is -0.0514. The first-order valence-electron chi connectivity index (χ1n) is 4.14. The van der Waals surface area contributed by atoms with E-state index in [-0.39, 0.29) is 5.60 Å². The van der Waals surface area contributed by atoms with Crippen LogP contribution >= 0.6 is 11.8 Å². The molecule has 3 heteroatoms. The van der Waals surface area contributed by atoms with Crippen molar-refractivity contribution in [3.05, 3.63) is 0 Å². The van der Waals surface area contributed by atoms with Gasteiger partial charge < -0.3 is 10.5 Å². The number of nitrogens with two attached hydrogens (primary N) is 1. The van der Waals surface area contributed by atoms with Crippen LogP contribution in [0.1, 0.15) is 13.8 Å². The summed E-state index contributed by atoms with van der Waals surface area (Å²) in [4.78, 5) is 0. The second-order valence-electron chi connectivity index (χ2n) is 3.18. The molecule has 0 amide bonds. The highest BCUT2D eigenvalue weighted by molar-refractivity contribution is 8.00. The zero-order valence-corrected chi connectivity index (χ0v) is 8.12.